The third kappa shape index (κ3) is 2.81. The lowest BCUT2D eigenvalue weighted by Gasteiger charge is -2.23. The highest BCUT2D eigenvalue weighted by atomic mass is 35.5. The van der Waals surface area contributed by atoms with Crippen LogP contribution in [-0.2, 0) is 10.3 Å². The second-order valence-corrected chi connectivity index (χ2v) is 7.26. The summed E-state index contributed by atoms with van der Waals surface area (Å²) >= 11 is 13.3. The summed E-state index contributed by atoms with van der Waals surface area (Å²) in [4.78, 5) is 38.6. The van der Waals surface area contributed by atoms with Gasteiger partial charge in [0.15, 0.2) is 5.78 Å². The third-order valence-corrected chi connectivity index (χ3v) is 5.30. The molecule has 1 aromatic carbocycles. The zero-order chi connectivity index (χ0) is 17.5. The van der Waals surface area contributed by atoms with Crippen molar-refractivity contribution in [1.82, 2.24) is 10.2 Å². The highest BCUT2D eigenvalue weighted by Crippen LogP contribution is 2.35. The molecule has 5 nitrogen and oxygen atoms in total. The zero-order valence-corrected chi connectivity index (χ0v) is 14.8. The molecule has 1 fully saturated rings. The second kappa shape index (κ2) is 6.20. The predicted molar refractivity (Wildman–Crippen MR) is 92.7 cm³/mol. The summed E-state index contributed by atoms with van der Waals surface area (Å²) < 4.78 is 0. The Hall–Kier alpha value is -1.89. The molecule has 2 heterocycles. The largest absolute Gasteiger partial charge is 0.325 e. The molecule has 24 heavy (non-hydrogen) atoms. The number of halogens is 2. The van der Waals surface area contributed by atoms with Crippen molar-refractivity contribution in [2.75, 3.05) is 6.54 Å². The van der Waals surface area contributed by atoms with Gasteiger partial charge in [0.1, 0.15) is 5.54 Å². The fraction of sp³-hybridized carbons (Fsp3) is 0.188. The van der Waals surface area contributed by atoms with Gasteiger partial charge in [-0.3, -0.25) is 14.5 Å². The number of amides is 3. The standard InChI is InChI=1S/C16H12Cl2N2O3S/c1-16(10-5-4-9(17)7-11(10)18)14(22)20(15(23)19-16)8-12(21)13-3-2-6-24-13/h2-7H,8H2,1H3,(H,19,23)/t16-/m0/s1. The topological polar surface area (TPSA) is 66.5 Å². The molecule has 124 valence electrons. The molecule has 3 rings (SSSR count). The SMILES string of the molecule is C[C@@]1(c2ccc(Cl)cc2Cl)NC(=O)N(CC(=O)c2cccs2)C1=O. The first-order chi connectivity index (χ1) is 11.3. The van der Waals surface area contributed by atoms with Crippen LogP contribution in [0.15, 0.2) is 35.7 Å². The van der Waals surface area contributed by atoms with Crippen LogP contribution >= 0.6 is 34.5 Å². The molecule has 0 saturated carbocycles. The van der Waals surface area contributed by atoms with Crippen LogP contribution in [0.1, 0.15) is 22.2 Å². The van der Waals surface area contributed by atoms with Crippen LogP contribution in [0.25, 0.3) is 0 Å². The number of nitrogens with zero attached hydrogens (tertiary/aromatic N) is 1. The highest BCUT2D eigenvalue weighted by Gasteiger charge is 2.50. The van der Waals surface area contributed by atoms with Crippen molar-refractivity contribution >= 4 is 52.3 Å². The molecule has 0 bridgehead atoms. The average Bonchev–Trinajstić information content (AvgIpc) is 3.11. The van der Waals surface area contributed by atoms with Gasteiger partial charge in [0.2, 0.25) is 0 Å². The molecule has 1 aliphatic rings. The van der Waals surface area contributed by atoms with E-state index < -0.39 is 17.5 Å². The van der Waals surface area contributed by atoms with Crippen LogP contribution in [0.4, 0.5) is 4.79 Å². The lowest BCUT2D eigenvalue weighted by molar-refractivity contribution is -0.130. The first-order valence-corrected chi connectivity index (χ1v) is 8.63. The van der Waals surface area contributed by atoms with Crippen molar-refractivity contribution in [2.45, 2.75) is 12.5 Å². The van der Waals surface area contributed by atoms with E-state index in [2.05, 4.69) is 5.32 Å². The Kier molecular flexibility index (Phi) is 4.38. The number of carbonyl (C=O) groups excluding carboxylic acids is 3. The Morgan fingerprint density at radius 1 is 1.29 bits per heavy atom. The van der Waals surface area contributed by atoms with E-state index in [-0.39, 0.29) is 17.4 Å². The number of carbonyl (C=O) groups is 3. The fourth-order valence-electron chi connectivity index (χ4n) is 2.58. The number of thiophene rings is 1. The second-order valence-electron chi connectivity index (χ2n) is 5.47. The van der Waals surface area contributed by atoms with Gasteiger partial charge in [-0.15, -0.1) is 11.3 Å². The number of Topliss-reactive ketones (excluding diaryl/α,β-unsaturated/α-hetero) is 1. The van der Waals surface area contributed by atoms with Gasteiger partial charge in [0.05, 0.1) is 11.4 Å². The fourth-order valence-corrected chi connectivity index (χ4v) is 3.83. The third-order valence-electron chi connectivity index (χ3n) is 3.84. The highest BCUT2D eigenvalue weighted by molar-refractivity contribution is 7.12. The Balaban J connectivity index is 1.89. The summed E-state index contributed by atoms with van der Waals surface area (Å²) in [6.07, 6.45) is 0. The summed E-state index contributed by atoms with van der Waals surface area (Å²) in [7, 11) is 0. The van der Waals surface area contributed by atoms with Crippen LogP contribution in [0.3, 0.4) is 0 Å². The summed E-state index contributed by atoms with van der Waals surface area (Å²) in [5.41, 5.74) is -0.910. The summed E-state index contributed by atoms with van der Waals surface area (Å²) in [6, 6.07) is 7.45. The molecule has 8 heteroatoms. The number of hydrogen-bond donors (Lipinski definition) is 1. The van der Waals surface area contributed by atoms with Crippen LogP contribution in [0.2, 0.25) is 10.0 Å². The monoisotopic (exact) mass is 382 g/mol. The van der Waals surface area contributed by atoms with E-state index in [1.807, 2.05) is 0 Å². The molecular weight excluding hydrogens is 371 g/mol. The minimum absolute atomic E-state index is 0.269. The van der Waals surface area contributed by atoms with Crippen molar-refractivity contribution in [3.05, 3.63) is 56.2 Å². The molecular formula is C16H12Cl2N2O3S. The summed E-state index contributed by atoms with van der Waals surface area (Å²) in [6.45, 7) is 1.24. The lowest BCUT2D eigenvalue weighted by atomic mass is 9.92. The Morgan fingerprint density at radius 2 is 2.04 bits per heavy atom. The van der Waals surface area contributed by atoms with E-state index >= 15 is 0 Å². The van der Waals surface area contributed by atoms with E-state index in [0.717, 1.165) is 4.90 Å². The minimum atomic E-state index is -1.34. The van der Waals surface area contributed by atoms with Crippen LogP contribution in [-0.4, -0.2) is 29.2 Å². The Labute approximate surface area is 152 Å². The van der Waals surface area contributed by atoms with E-state index in [9.17, 15) is 14.4 Å². The number of ketones is 1. The number of benzene rings is 1. The molecule has 0 radical (unpaired) electrons. The van der Waals surface area contributed by atoms with E-state index in [1.54, 1.807) is 36.6 Å². The number of nitrogens with one attached hydrogen (secondary N) is 1. The molecule has 0 unspecified atom stereocenters. The summed E-state index contributed by atoms with van der Waals surface area (Å²) in [5.74, 6) is -0.818. The van der Waals surface area contributed by atoms with Crippen LogP contribution < -0.4 is 5.32 Å². The number of urea groups is 1. The molecule has 1 N–H and O–H groups in total. The Morgan fingerprint density at radius 3 is 2.67 bits per heavy atom. The van der Waals surface area contributed by atoms with Crippen LogP contribution in [0.5, 0.6) is 0 Å². The molecule has 1 aliphatic heterocycles. The maximum atomic E-state index is 12.8. The molecule has 2 aromatic rings. The average molecular weight is 383 g/mol. The molecule has 0 aliphatic carbocycles. The molecule has 1 atom stereocenters. The number of imide groups is 1. The lowest BCUT2D eigenvalue weighted by Crippen LogP contribution is -2.41. The maximum absolute atomic E-state index is 12.8. The predicted octanol–water partition coefficient (Wildman–Crippen LogP) is 3.70. The van der Waals surface area contributed by atoms with Crippen LogP contribution in [0, 0.1) is 0 Å². The van der Waals surface area contributed by atoms with E-state index in [4.69, 9.17) is 23.2 Å². The number of hydrogen-bond acceptors (Lipinski definition) is 4. The van der Waals surface area contributed by atoms with Crippen molar-refractivity contribution in [1.29, 1.82) is 0 Å². The van der Waals surface area contributed by atoms with E-state index in [1.165, 1.54) is 17.4 Å². The zero-order valence-electron chi connectivity index (χ0n) is 12.5. The van der Waals surface area contributed by atoms with Crippen molar-refractivity contribution in [3.8, 4) is 0 Å². The maximum Gasteiger partial charge on any atom is 0.325 e. The van der Waals surface area contributed by atoms with Gasteiger partial charge in [-0.25, -0.2) is 4.79 Å². The van der Waals surface area contributed by atoms with Crippen molar-refractivity contribution < 1.29 is 14.4 Å². The molecule has 1 saturated heterocycles. The smallest absolute Gasteiger partial charge is 0.319 e. The van der Waals surface area contributed by atoms with Gasteiger partial charge in [-0.1, -0.05) is 35.3 Å². The Bertz CT molecular complexity index is 838. The first-order valence-electron chi connectivity index (χ1n) is 6.99. The van der Waals surface area contributed by atoms with E-state index in [0.29, 0.717) is 15.5 Å². The van der Waals surface area contributed by atoms with Gasteiger partial charge in [0.25, 0.3) is 5.91 Å². The molecule has 1 aromatic heterocycles. The summed E-state index contributed by atoms with van der Waals surface area (Å²) in [5, 5.41) is 5.07. The van der Waals surface area contributed by atoms with Gasteiger partial charge in [-0.2, -0.15) is 0 Å². The van der Waals surface area contributed by atoms with Gasteiger partial charge in [0, 0.05) is 15.6 Å². The normalized spacial score (nSPS) is 20.4. The first kappa shape index (κ1) is 17.0. The van der Waals surface area contributed by atoms with Crippen molar-refractivity contribution in [2.24, 2.45) is 0 Å². The molecule has 3 amide bonds. The van der Waals surface area contributed by atoms with Crippen molar-refractivity contribution in [3.63, 3.8) is 0 Å². The van der Waals surface area contributed by atoms with Gasteiger partial charge < -0.3 is 5.32 Å². The van der Waals surface area contributed by atoms with Gasteiger partial charge in [-0.05, 0) is 30.5 Å². The quantitative estimate of drug-likeness (QED) is 0.647. The molecule has 0 spiro atoms. The minimum Gasteiger partial charge on any atom is -0.319 e. The van der Waals surface area contributed by atoms with Gasteiger partial charge >= 0.3 is 6.03 Å². The number of rotatable bonds is 4.